The summed E-state index contributed by atoms with van der Waals surface area (Å²) in [5.74, 6) is -0.252. The third kappa shape index (κ3) is 2.67. The standard InChI is InChI=1S/C10H14FOP/c1-8(13(2,3)12)9-4-6-10(11)7-5-9/h4-8H,1-3H3. The normalized spacial score (nSPS) is 14.2. The van der Waals surface area contributed by atoms with Crippen LogP contribution < -0.4 is 0 Å². The smallest absolute Gasteiger partial charge is 0.123 e. The van der Waals surface area contributed by atoms with Crippen LogP contribution in [0.15, 0.2) is 24.3 Å². The van der Waals surface area contributed by atoms with E-state index in [0.717, 1.165) is 5.56 Å². The minimum atomic E-state index is -2.12. The highest BCUT2D eigenvalue weighted by Gasteiger charge is 2.19. The maximum Gasteiger partial charge on any atom is 0.123 e. The van der Waals surface area contributed by atoms with Crippen molar-refractivity contribution < 1.29 is 8.96 Å². The van der Waals surface area contributed by atoms with Gasteiger partial charge in [-0.25, -0.2) is 4.39 Å². The van der Waals surface area contributed by atoms with Crippen molar-refractivity contribution in [1.82, 2.24) is 0 Å². The van der Waals surface area contributed by atoms with Crippen LogP contribution in [0, 0.1) is 5.82 Å². The van der Waals surface area contributed by atoms with Gasteiger partial charge in [0.1, 0.15) is 5.82 Å². The van der Waals surface area contributed by atoms with Crippen LogP contribution in [0.4, 0.5) is 4.39 Å². The van der Waals surface area contributed by atoms with Gasteiger partial charge in [0.05, 0.1) is 7.14 Å². The molecule has 0 aliphatic carbocycles. The fourth-order valence-corrected chi connectivity index (χ4v) is 1.99. The molecule has 3 heteroatoms. The van der Waals surface area contributed by atoms with Crippen molar-refractivity contribution in [3.63, 3.8) is 0 Å². The van der Waals surface area contributed by atoms with Gasteiger partial charge in [0.15, 0.2) is 0 Å². The molecule has 0 saturated heterocycles. The molecule has 0 aliphatic heterocycles. The fraction of sp³-hybridized carbons (Fsp3) is 0.400. The molecule has 0 aromatic heterocycles. The van der Waals surface area contributed by atoms with Crippen LogP contribution in [0.5, 0.6) is 0 Å². The first-order chi connectivity index (χ1) is 5.91. The Morgan fingerprint density at radius 3 is 2.08 bits per heavy atom. The van der Waals surface area contributed by atoms with Crippen molar-refractivity contribution in [1.29, 1.82) is 0 Å². The van der Waals surface area contributed by atoms with Gasteiger partial charge in [0.25, 0.3) is 0 Å². The van der Waals surface area contributed by atoms with E-state index < -0.39 is 7.14 Å². The third-order valence-electron chi connectivity index (χ3n) is 2.29. The number of hydrogen-bond donors (Lipinski definition) is 0. The van der Waals surface area contributed by atoms with Gasteiger partial charge in [0.2, 0.25) is 0 Å². The predicted molar refractivity (Wildman–Crippen MR) is 54.3 cm³/mol. The monoisotopic (exact) mass is 200 g/mol. The van der Waals surface area contributed by atoms with Gasteiger partial charge in [0, 0.05) is 5.66 Å². The van der Waals surface area contributed by atoms with E-state index >= 15 is 0 Å². The average molecular weight is 200 g/mol. The van der Waals surface area contributed by atoms with Crippen molar-refractivity contribution in [2.24, 2.45) is 0 Å². The zero-order valence-electron chi connectivity index (χ0n) is 8.12. The van der Waals surface area contributed by atoms with E-state index in [0.29, 0.717) is 0 Å². The Labute approximate surface area is 78.3 Å². The number of hydrogen-bond acceptors (Lipinski definition) is 1. The molecule has 0 fully saturated rings. The lowest BCUT2D eigenvalue weighted by Gasteiger charge is -2.16. The maximum atomic E-state index is 12.6. The van der Waals surface area contributed by atoms with E-state index in [-0.39, 0.29) is 11.5 Å². The van der Waals surface area contributed by atoms with Crippen molar-refractivity contribution in [3.05, 3.63) is 35.6 Å². The highest BCUT2D eigenvalue weighted by atomic mass is 31.2. The first-order valence-electron chi connectivity index (χ1n) is 4.21. The highest BCUT2D eigenvalue weighted by molar-refractivity contribution is 7.62. The van der Waals surface area contributed by atoms with Crippen LogP contribution in [0.25, 0.3) is 0 Å². The molecule has 13 heavy (non-hydrogen) atoms. The van der Waals surface area contributed by atoms with Gasteiger partial charge in [-0.05, 0) is 31.0 Å². The molecule has 1 aromatic rings. The zero-order valence-corrected chi connectivity index (χ0v) is 9.01. The second-order valence-corrected chi connectivity index (χ2v) is 7.30. The van der Waals surface area contributed by atoms with E-state index in [2.05, 4.69) is 0 Å². The van der Waals surface area contributed by atoms with Crippen LogP contribution in [0.3, 0.4) is 0 Å². The topological polar surface area (TPSA) is 17.1 Å². The molecule has 0 aliphatic rings. The summed E-state index contributed by atoms with van der Waals surface area (Å²) in [6, 6.07) is 6.20. The Kier molecular flexibility index (Phi) is 2.92. The van der Waals surface area contributed by atoms with Crippen LogP contribution in [-0.4, -0.2) is 13.3 Å². The van der Waals surface area contributed by atoms with E-state index in [4.69, 9.17) is 0 Å². The second-order valence-electron chi connectivity index (χ2n) is 3.66. The Morgan fingerprint density at radius 2 is 1.69 bits per heavy atom. The molecule has 1 aromatic carbocycles. The average Bonchev–Trinajstić information content (AvgIpc) is 2.03. The van der Waals surface area contributed by atoms with E-state index in [1.165, 1.54) is 12.1 Å². The number of benzene rings is 1. The summed E-state index contributed by atoms with van der Waals surface area (Å²) in [5.41, 5.74) is 0.947. The minimum Gasteiger partial charge on any atom is -0.324 e. The molecule has 0 N–H and O–H groups in total. The number of halogens is 1. The maximum absolute atomic E-state index is 12.6. The molecule has 1 rings (SSSR count). The summed E-state index contributed by atoms with van der Waals surface area (Å²) in [6.07, 6.45) is 0. The molecule has 0 radical (unpaired) electrons. The Hall–Kier alpha value is -0.620. The SMILES string of the molecule is CC(c1ccc(F)cc1)P(C)(C)=O. The summed E-state index contributed by atoms with van der Waals surface area (Å²) >= 11 is 0. The molecule has 1 nitrogen and oxygen atoms in total. The Balaban J connectivity index is 2.97. The fourth-order valence-electron chi connectivity index (χ4n) is 1.10. The lowest BCUT2D eigenvalue weighted by molar-refractivity contribution is 0.575. The summed E-state index contributed by atoms with van der Waals surface area (Å²) < 4.78 is 24.3. The predicted octanol–water partition coefficient (Wildman–Crippen LogP) is 3.51. The van der Waals surface area contributed by atoms with E-state index in [9.17, 15) is 8.96 Å². The molecule has 0 saturated carbocycles. The first-order valence-corrected chi connectivity index (χ1v) is 6.88. The van der Waals surface area contributed by atoms with Crippen molar-refractivity contribution in [3.8, 4) is 0 Å². The van der Waals surface area contributed by atoms with Gasteiger partial charge in [-0.15, -0.1) is 0 Å². The largest absolute Gasteiger partial charge is 0.324 e. The molecule has 1 atom stereocenters. The molecule has 1 unspecified atom stereocenters. The third-order valence-corrected chi connectivity index (χ3v) is 4.45. The Morgan fingerprint density at radius 1 is 1.23 bits per heavy atom. The molecule has 0 bridgehead atoms. The highest BCUT2D eigenvalue weighted by Crippen LogP contribution is 2.52. The minimum absolute atomic E-state index is 0.00750. The van der Waals surface area contributed by atoms with Gasteiger partial charge in [-0.1, -0.05) is 19.1 Å². The van der Waals surface area contributed by atoms with Gasteiger partial charge < -0.3 is 4.57 Å². The second kappa shape index (κ2) is 3.63. The van der Waals surface area contributed by atoms with Gasteiger partial charge >= 0.3 is 0 Å². The van der Waals surface area contributed by atoms with Crippen molar-refractivity contribution in [2.75, 3.05) is 13.3 Å². The van der Waals surface area contributed by atoms with Crippen molar-refractivity contribution in [2.45, 2.75) is 12.6 Å². The molecule has 0 spiro atoms. The van der Waals surface area contributed by atoms with Gasteiger partial charge in [-0.3, -0.25) is 0 Å². The van der Waals surface area contributed by atoms with Gasteiger partial charge in [-0.2, -0.15) is 0 Å². The molecular weight excluding hydrogens is 186 g/mol. The molecule has 0 amide bonds. The molecule has 72 valence electrons. The first kappa shape index (κ1) is 10.5. The molecule has 0 heterocycles. The van der Waals surface area contributed by atoms with Crippen molar-refractivity contribution >= 4 is 7.14 Å². The summed E-state index contributed by atoms with van der Waals surface area (Å²) in [7, 11) is -2.12. The summed E-state index contributed by atoms with van der Waals surface area (Å²) in [4.78, 5) is 0. The molecular formula is C10H14FOP. The van der Waals surface area contributed by atoms with Crippen LogP contribution >= 0.6 is 7.14 Å². The quantitative estimate of drug-likeness (QED) is 0.667. The van der Waals surface area contributed by atoms with E-state index in [1.807, 2.05) is 6.92 Å². The summed E-state index contributed by atoms with van der Waals surface area (Å²) in [5, 5.41) is 0. The zero-order chi connectivity index (χ0) is 10.1. The Bertz CT molecular complexity index is 325. The van der Waals surface area contributed by atoms with E-state index in [1.54, 1.807) is 25.5 Å². The van der Waals surface area contributed by atoms with Crippen LogP contribution in [0.1, 0.15) is 18.1 Å². The lowest BCUT2D eigenvalue weighted by atomic mass is 10.2. The number of rotatable bonds is 2. The van der Waals surface area contributed by atoms with Crippen LogP contribution in [0.2, 0.25) is 0 Å². The summed E-state index contributed by atoms with van der Waals surface area (Å²) in [6.45, 7) is 5.41. The lowest BCUT2D eigenvalue weighted by Crippen LogP contribution is -1.93. The van der Waals surface area contributed by atoms with Crippen LogP contribution in [-0.2, 0) is 4.57 Å².